The third-order valence-corrected chi connectivity index (χ3v) is 2.27. The normalized spacial score (nSPS) is 13.3. The molecule has 0 spiro atoms. The van der Waals surface area contributed by atoms with E-state index in [-0.39, 0.29) is 18.5 Å². The first-order valence-corrected chi connectivity index (χ1v) is 5.27. The molecule has 0 aromatic heterocycles. The van der Waals surface area contributed by atoms with Gasteiger partial charge in [-0.15, -0.1) is 12.4 Å². The third-order valence-electron chi connectivity index (χ3n) is 2.27. The summed E-state index contributed by atoms with van der Waals surface area (Å²) >= 11 is 0. The van der Waals surface area contributed by atoms with Crippen LogP contribution in [0.5, 0.6) is 0 Å². The number of amides is 1. The van der Waals surface area contributed by atoms with Gasteiger partial charge < -0.3 is 11.1 Å². The summed E-state index contributed by atoms with van der Waals surface area (Å²) < 4.78 is 75.2. The van der Waals surface area contributed by atoms with Crippen molar-refractivity contribution in [2.75, 3.05) is 5.32 Å². The Bertz CT molecular complexity index is 480. The number of hydrogen-bond acceptors (Lipinski definition) is 2. The maximum Gasteiger partial charge on any atom is 0.416 e. The summed E-state index contributed by atoms with van der Waals surface area (Å²) in [6.45, 7) is 1.24. The molecule has 3 N–H and O–H groups in total. The van der Waals surface area contributed by atoms with Crippen molar-refractivity contribution in [1.29, 1.82) is 0 Å². The van der Waals surface area contributed by atoms with Crippen LogP contribution in [0.25, 0.3) is 0 Å². The first kappa shape index (κ1) is 19.5. The van der Waals surface area contributed by atoms with Crippen molar-refractivity contribution in [2.45, 2.75) is 25.3 Å². The van der Waals surface area contributed by atoms with Crippen molar-refractivity contribution < 1.29 is 31.1 Å². The predicted octanol–water partition coefficient (Wildman–Crippen LogP) is 3.43. The first-order chi connectivity index (χ1) is 8.91. The highest BCUT2D eigenvalue weighted by Gasteiger charge is 2.37. The Morgan fingerprint density at radius 3 is 1.71 bits per heavy atom. The van der Waals surface area contributed by atoms with E-state index in [1.807, 2.05) is 5.32 Å². The summed E-state index contributed by atoms with van der Waals surface area (Å²) in [5.74, 6) is -0.891. The van der Waals surface area contributed by atoms with Crippen molar-refractivity contribution in [2.24, 2.45) is 5.73 Å². The van der Waals surface area contributed by atoms with Gasteiger partial charge in [-0.2, -0.15) is 26.3 Å². The number of anilines is 1. The highest BCUT2D eigenvalue weighted by Crippen LogP contribution is 2.37. The van der Waals surface area contributed by atoms with Gasteiger partial charge in [0.05, 0.1) is 17.2 Å². The van der Waals surface area contributed by atoms with Crippen LogP contribution in [0.3, 0.4) is 0 Å². The SMILES string of the molecule is C[C@H](N)C(=O)Nc1cc(C(F)(F)F)cc(C(F)(F)F)c1.Cl. The van der Waals surface area contributed by atoms with Crippen LogP contribution in [0.1, 0.15) is 18.1 Å². The Morgan fingerprint density at radius 1 is 1.05 bits per heavy atom. The van der Waals surface area contributed by atoms with Gasteiger partial charge in [-0.05, 0) is 25.1 Å². The van der Waals surface area contributed by atoms with Crippen LogP contribution in [0.4, 0.5) is 32.0 Å². The molecule has 0 saturated heterocycles. The number of carbonyl (C=O) groups excluding carboxylic acids is 1. The van der Waals surface area contributed by atoms with Crippen LogP contribution in [0, 0.1) is 0 Å². The maximum atomic E-state index is 12.5. The lowest BCUT2D eigenvalue weighted by molar-refractivity contribution is -0.143. The molecule has 0 saturated carbocycles. The number of alkyl halides is 6. The van der Waals surface area contributed by atoms with Crippen molar-refractivity contribution in [1.82, 2.24) is 0 Å². The molecule has 0 heterocycles. The molecule has 0 bridgehead atoms. The predicted molar refractivity (Wildman–Crippen MR) is 66.0 cm³/mol. The molecule has 1 amide bonds. The van der Waals surface area contributed by atoms with Crippen molar-refractivity contribution in [3.63, 3.8) is 0 Å². The molecule has 0 aliphatic carbocycles. The number of rotatable bonds is 2. The molecule has 1 aromatic carbocycles. The summed E-state index contributed by atoms with van der Waals surface area (Å²) in [7, 11) is 0. The van der Waals surface area contributed by atoms with Gasteiger partial charge in [0.25, 0.3) is 0 Å². The molecule has 3 nitrogen and oxygen atoms in total. The van der Waals surface area contributed by atoms with Gasteiger partial charge in [-0.1, -0.05) is 0 Å². The zero-order valence-electron chi connectivity index (χ0n) is 10.5. The minimum Gasteiger partial charge on any atom is -0.325 e. The second kappa shape index (κ2) is 6.52. The Kier molecular flexibility index (Phi) is 6.06. The van der Waals surface area contributed by atoms with Crippen molar-refractivity contribution >= 4 is 24.0 Å². The standard InChI is InChI=1S/C11H10F6N2O.ClH/c1-5(18)9(20)19-8-3-6(10(12,13)14)2-7(4-8)11(15,16)17;/h2-5H,18H2,1H3,(H,19,20);1H/t5-;/m0./s1. The van der Waals surface area contributed by atoms with Crippen molar-refractivity contribution in [3.05, 3.63) is 29.3 Å². The molecule has 1 atom stereocenters. The first-order valence-electron chi connectivity index (χ1n) is 5.27. The van der Waals surface area contributed by atoms with Gasteiger partial charge in [0.1, 0.15) is 0 Å². The molecule has 1 rings (SSSR count). The van der Waals surface area contributed by atoms with Gasteiger partial charge in [0, 0.05) is 5.69 Å². The molecule has 10 heteroatoms. The number of carbonyl (C=O) groups is 1. The monoisotopic (exact) mass is 336 g/mol. The summed E-state index contributed by atoms with van der Waals surface area (Å²) in [6.07, 6.45) is -9.93. The number of nitrogens with one attached hydrogen (secondary N) is 1. The average molecular weight is 337 g/mol. The number of halogens is 7. The molecule has 1 aromatic rings. The lowest BCUT2D eigenvalue weighted by Crippen LogP contribution is -2.32. The fourth-order valence-corrected chi connectivity index (χ4v) is 1.28. The summed E-state index contributed by atoms with van der Waals surface area (Å²) in [5, 5.41) is 1.90. The van der Waals surface area contributed by atoms with E-state index >= 15 is 0 Å². The summed E-state index contributed by atoms with van der Waals surface area (Å²) in [6, 6.07) is -0.272. The average Bonchev–Trinajstić information content (AvgIpc) is 2.26. The Labute approximate surface area is 121 Å². The van der Waals surface area contributed by atoms with Crippen LogP contribution >= 0.6 is 12.4 Å². The maximum absolute atomic E-state index is 12.5. The smallest absolute Gasteiger partial charge is 0.325 e. The molecule has 0 radical (unpaired) electrons. The van der Waals surface area contributed by atoms with E-state index in [1.54, 1.807) is 0 Å². The number of benzene rings is 1. The summed E-state index contributed by atoms with van der Waals surface area (Å²) in [4.78, 5) is 11.2. The lowest BCUT2D eigenvalue weighted by atomic mass is 10.1. The van der Waals surface area contributed by atoms with Gasteiger partial charge in [0.2, 0.25) is 5.91 Å². The van der Waals surface area contributed by atoms with E-state index < -0.39 is 41.1 Å². The van der Waals surface area contributed by atoms with E-state index in [9.17, 15) is 31.1 Å². The zero-order chi connectivity index (χ0) is 15.7. The summed E-state index contributed by atoms with van der Waals surface area (Å²) in [5.41, 5.74) is 1.54. The molecular weight excluding hydrogens is 326 g/mol. The van der Waals surface area contributed by atoms with E-state index in [2.05, 4.69) is 0 Å². The van der Waals surface area contributed by atoms with Crippen LogP contribution in [0.15, 0.2) is 18.2 Å². The molecule has 0 aliphatic heterocycles. The highest BCUT2D eigenvalue weighted by molar-refractivity contribution is 5.94. The molecule has 0 fully saturated rings. The zero-order valence-corrected chi connectivity index (χ0v) is 11.3. The Balaban J connectivity index is 0.00000400. The Morgan fingerprint density at radius 2 is 1.43 bits per heavy atom. The van der Waals surface area contributed by atoms with Gasteiger partial charge in [0.15, 0.2) is 0 Å². The molecule has 0 unspecified atom stereocenters. The largest absolute Gasteiger partial charge is 0.416 e. The van der Waals surface area contributed by atoms with Crippen LogP contribution in [-0.2, 0) is 17.1 Å². The van der Waals surface area contributed by atoms with Crippen LogP contribution in [-0.4, -0.2) is 11.9 Å². The third kappa shape index (κ3) is 5.43. The van der Waals surface area contributed by atoms with Crippen molar-refractivity contribution in [3.8, 4) is 0 Å². The van der Waals surface area contributed by atoms with E-state index in [0.29, 0.717) is 12.1 Å². The van der Waals surface area contributed by atoms with E-state index in [0.717, 1.165) is 0 Å². The number of nitrogens with two attached hydrogens (primary N) is 1. The molecular formula is C11H11ClF6N2O. The lowest BCUT2D eigenvalue weighted by Gasteiger charge is -2.15. The van der Waals surface area contributed by atoms with Crippen LogP contribution < -0.4 is 11.1 Å². The van der Waals surface area contributed by atoms with Crippen LogP contribution in [0.2, 0.25) is 0 Å². The molecule has 21 heavy (non-hydrogen) atoms. The topological polar surface area (TPSA) is 55.1 Å². The molecule has 0 aliphatic rings. The van der Waals surface area contributed by atoms with Gasteiger partial charge in [-0.25, -0.2) is 0 Å². The molecule has 120 valence electrons. The minimum atomic E-state index is -4.96. The fraction of sp³-hybridized carbons (Fsp3) is 0.364. The van der Waals surface area contributed by atoms with Gasteiger partial charge >= 0.3 is 12.4 Å². The second-order valence-electron chi connectivity index (χ2n) is 4.07. The quantitative estimate of drug-likeness (QED) is 0.813. The Hall–Kier alpha value is -1.48. The fourth-order valence-electron chi connectivity index (χ4n) is 1.28. The van der Waals surface area contributed by atoms with E-state index in [1.165, 1.54) is 6.92 Å². The van der Waals surface area contributed by atoms with Gasteiger partial charge in [-0.3, -0.25) is 4.79 Å². The number of hydrogen-bond donors (Lipinski definition) is 2. The highest BCUT2D eigenvalue weighted by atomic mass is 35.5. The minimum absolute atomic E-state index is 0. The van der Waals surface area contributed by atoms with E-state index in [4.69, 9.17) is 5.73 Å². The second-order valence-corrected chi connectivity index (χ2v) is 4.07.